The normalized spacial score (nSPS) is 21.7. The molecule has 0 radical (unpaired) electrons. The van der Waals surface area contributed by atoms with Gasteiger partial charge in [-0.15, -0.1) is 0 Å². The molecule has 2 saturated heterocycles. The number of carbonyl (C=O) groups is 1. The summed E-state index contributed by atoms with van der Waals surface area (Å²) in [6.07, 6.45) is 2.93. The van der Waals surface area contributed by atoms with E-state index in [4.69, 9.17) is 4.74 Å². The second-order valence-corrected chi connectivity index (χ2v) is 9.26. The first-order valence-electron chi connectivity index (χ1n) is 11.6. The topological polar surface area (TPSA) is 87.3 Å². The zero-order valence-corrected chi connectivity index (χ0v) is 19.1. The summed E-state index contributed by atoms with van der Waals surface area (Å²) in [5, 5.41) is 3.18. The number of fused-ring (bicyclic) bond motifs is 3. The highest BCUT2D eigenvalue weighted by atomic mass is 19.1. The summed E-state index contributed by atoms with van der Waals surface area (Å²) in [5.41, 5.74) is 0.0606. The number of aromatic nitrogens is 2. The van der Waals surface area contributed by atoms with E-state index in [0.29, 0.717) is 30.1 Å². The molecular formula is C25H25F3N4O3. The van der Waals surface area contributed by atoms with Crippen molar-refractivity contribution in [2.75, 3.05) is 19.6 Å². The van der Waals surface area contributed by atoms with E-state index < -0.39 is 40.9 Å². The summed E-state index contributed by atoms with van der Waals surface area (Å²) in [6.45, 7) is 3.03. The number of H-pyrrole nitrogens is 1. The number of aromatic amines is 1. The van der Waals surface area contributed by atoms with Gasteiger partial charge in [-0.2, -0.15) is 0 Å². The van der Waals surface area contributed by atoms with Crippen molar-refractivity contribution in [1.82, 2.24) is 20.2 Å². The number of ether oxygens (including phenoxy) is 1. The second kappa shape index (κ2) is 9.43. The van der Waals surface area contributed by atoms with Crippen LogP contribution in [0.25, 0.3) is 10.9 Å². The minimum Gasteiger partial charge on any atom is -0.372 e. The van der Waals surface area contributed by atoms with Gasteiger partial charge in [-0.05, 0) is 44.0 Å². The molecule has 3 aromatic rings. The standard InChI is InChI=1S/C25H25F3N4O3/c1-13(23-21(28)8-16(27)9-29-23)30-25(34)20(12-32-10-17-3-4-18(11-32)35-17)19-7-14-6-15(26)2-5-22(14)31-24(19)33/h2,5-9,13,17-18,20H,3-4,10-12H2,1H3,(H,30,34)(H,31,33)/t13-,17?,18?,20+/m1/s1. The van der Waals surface area contributed by atoms with Gasteiger partial charge in [-0.1, -0.05) is 0 Å². The van der Waals surface area contributed by atoms with Gasteiger partial charge in [-0.25, -0.2) is 13.2 Å². The van der Waals surface area contributed by atoms with Gasteiger partial charge in [0.2, 0.25) is 5.91 Å². The van der Waals surface area contributed by atoms with E-state index in [-0.39, 0.29) is 30.0 Å². The molecule has 184 valence electrons. The van der Waals surface area contributed by atoms with Crippen LogP contribution in [0.1, 0.15) is 43.0 Å². The van der Waals surface area contributed by atoms with Crippen molar-refractivity contribution in [2.45, 2.75) is 43.9 Å². The van der Waals surface area contributed by atoms with E-state index in [1.165, 1.54) is 31.2 Å². The number of hydrogen-bond donors (Lipinski definition) is 2. The van der Waals surface area contributed by atoms with Gasteiger partial charge < -0.3 is 15.0 Å². The molecule has 35 heavy (non-hydrogen) atoms. The van der Waals surface area contributed by atoms with Crippen LogP contribution >= 0.6 is 0 Å². The van der Waals surface area contributed by atoms with Crippen LogP contribution in [0.15, 0.2) is 41.3 Å². The number of nitrogens with zero attached hydrogens (tertiary/aromatic N) is 2. The van der Waals surface area contributed by atoms with Gasteiger partial charge in [0.05, 0.1) is 36.1 Å². The van der Waals surface area contributed by atoms with Crippen molar-refractivity contribution in [1.29, 1.82) is 0 Å². The molecule has 2 bridgehead atoms. The predicted molar refractivity (Wildman–Crippen MR) is 122 cm³/mol. The fourth-order valence-electron chi connectivity index (χ4n) is 5.01. The molecule has 2 aromatic heterocycles. The summed E-state index contributed by atoms with van der Waals surface area (Å²) >= 11 is 0. The third-order valence-corrected chi connectivity index (χ3v) is 6.69. The lowest BCUT2D eigenvalue weighted by molar-refractivity contribution is -0.124. The Morgan fingerprint density at radius 1 is 1.17 bits per heavy atom. The molecule has 4 atom stereocenters. The number of benzene rings is 1. The number of pyridine rings is 2. The summed E-state index contributed by atoms with van der Waals surface area (Å²) in [5.74, 6) is -3.59. The van der Waals surface area contributed by atoms with Crippen molar-refractivity contribution in [3.8, 4) is 0 Å². The third-order valence-electron chi connectivity index (χ3n) is 6.69. The molecule has 0 spiro atoms. The predicted octanol–water partition coefficient (Wildman–Crippen LogP) is 3.16. The van der Waals surface area contributed by atoms with Gasteiger partial charge >= 0.3 is 0 Å². The van der Waals surface area contributed by atoms with Crippen molar-refractivity contribution < 1.29 is 22.7 Å². The Bertz CT molecular complexity index is 1320. The van der Waals surface area contributed by atoms with Crippen molar-refractivity contribution in [2.24, 2.45) is 0 Å². The molecule has 7 nitrogen and oxygen atoms in total. The van der Waals surface area contributed by atoms with E-state index in [1.807, 2.05) is 0 Å². The number of morpholine rings is 1. The molecule has 1 amide bonds. The number of hydrogen-bond acceptors (Lipinski definition) is 5. The average molecular weight is 486 g/mol. The Labute approximate surface area is 199 Å². The van der Waals surface area contributed by atoms with E-state index in [2.05, 4.69) is 20.2 Å². The fraction of sp³-hybridized carbons (Fsp3) is 0.400. The number of carbonyl (C=O) groups excluding carboxylic acids is 1. The van der Waals surface area contributed by atoms with Gasteiger partial charge in [-0.3, -0.25) is 19.5 Å². The zero-order valence-electron chi connectivity index (χ0n) is 19.1. The number of likely N-dealkylation sites (tertiary alicyclic amines) is 1. The van der Waals surface area contributed by atoms with E-state index >= 15 is 0 Å². The average Bonchev–Trinajstić information content (AvgIpc) is 3.15. The number of rotatable bonds is 6. The monoisotopic (exact) mass is 486 g/mol. The first kappa shape index (κ1) is 23.5. The van der Waals surface area contributed by atoms with Crippen LogP contribution in [0.3, 0.4) is 0 Å². The summed E-state index contributed by atoms with van der Waals surface area (Å²) in [7, 11) is 0. The van der Waals surface area contributed by atoms with Crippen LogP contribution < -0.4 is 10.9 Å². The lowest BCUT2D eigenvalue weighted by atomic mass is 9.96. The Hall–Kier alpha value is -3.24. The summed E-state index contributed by atoms with van der Waals surface area (Å²) in [4.78, 5) is 35.1. The second-order valence-electron chi connectivity index (χ2n) is 9.26. The number of halogens is 3. The van der Waals surface area contributed by atoms with Gasteiger partial charge in [0, 0.05) is 42.2 Å². The first-order valence-corrected chi connectivity index (χ1v) is 11.6. The Kier molecular flexibility index (Phi) is 6.33. The van der Waals surface area contributed by atoms with E-state index in [0.717, 1.165) is 19.0 Å². The van der Waals surface area contributed by atoms with Crippen LogP contribution in [-0.4, -0.2) is 52.6 Å². The molecule has 4 heterocycles. The maximum atomic E-state index is 14.3. The maximum Gasteiger partial charge on any atom is 0.252 e. The Morgan fingerprint density at radius 3 is 2.63 bits per heavy atom. The van der Waals surface area contributed by atoms with Crippen molar-refractivity contribution >= 4 is 16.8 Å². The fourth-order valence-corrected chi connectivity index (χ4v) is 5.01. The lowest BCUT2D eigenvalue weighted by Crippen LogP contribution is -2.47. The maximum absolute atomic E-state index is 14.3. The molecule has 0 aliphatic carbocycles. The van der Waals surface area contributed by atoms with Crippen LogP contribution in [0, 0.1) is 17.5 Å². The van der Waals surface area contributed by atoms with Crippen molar-refractivity contribution in [3.05, 3.63) is 75.6 Å². The zero-order chi connectivity index (χ0) is 24.7. The minimum absolute atomic E-state index is 0.0814. The summed E-state index contributed by atoms with van der Waals surface area (Å²) < 4.78 is 47.3. The minimum atomic E-state index is -0.921. The van der Waals surface area contributed by atoms with Gasteiger partial charge in [0.15, 0.2) is 0 Å². The van der Waals surface area contributed by atoms with Crippen LogP contribution in [-0.2, 0) is 9.53 Å². The number of nitrogens with one attached hydrogen (secondary N) is 2. The molecule has 2 unspecified atom stereocenters. The van der Waals surface area contributed by atoms with E-state index in [1.54, 1.807) is 0 Å². The van der Waals surface area contributed by atoms with Gasteiger partial charge in [0.25, 0.3) is 5.56 Å². The van der Waals surface area contributed by atoms with Crippen LogP contribution in [0.5, 0.6) is 0 Å². The molecular weight excluding hydrogens is 461 g/mol. The third kappa shape index (κ3) is 4.94. The molecule has 2 fully saturated rings. The SMILES string of the molecule is C[C@@H](NC(=O)[C@@H](CN1CC2CCC(C1)O2)c1cc2cc(F)ccc2[nH]c1=O)c1ncc(F)cc1F. The quantitative estimate of drug-likeness (QED) is 0.559. The van der Waals surface area contributed by atoms with Gasteiger partial charge in [0.1, 0.15) is 17.5 Å². The molecule has 0 saturated carbocycles. The molecule has 10 heteroatoms. The Balaban J connectivity index is 1.47. The highest BCUT2D eigenvalue weighted by Crippen LogP contribution is 2.29. The molecule has 5 rings (SSSR count). The largest absolute Gasteiger partial charge is 0.372 e. The first-order chi connectivity index (χ1) is 16.8. The molecule has 2 aliphatic heterocycles. The van der Waals surface area contributed by atoms with Crippen molar-refractivity contribution in [3.63, 3.8) is 0 Å². The smallest absolute Gasteiger partial charge is 0.252 e. The highest BCUT2D eigenvalue weighted by Gasteiger charge is 2.36. The Morgan fingerprint density at radius 2 is 1.91 bits per heavy atom. The highest BCUT2D eigenvalue weighted by molar-refractivity contribution is 5.86. The molecule has 2 aliphatic rings. The summed E-state index contributed by atoms with van der Waals surface area (Å²) in [6, 6.07) is 5.36. The van der Waals surface area contributed by atoms with Crippen LogP contribution in [0.4, 0.5) is 13.2 Å². The lowest BCUT2D eigenvalue weighted by Gasteiger charge is -2.34. The van der Waals surface area contributed by atoms with Crippen LogP contribution in [0.2, 0.25) is 0 Å². The number of amides is 1. The van der Waals surface area contributed by atoms with E-state index in [9.17, 15) is 22.8 Å². The molecule has 1 aromatic carbocycles. The molecule has 2 N–H and O–H groups in total.